The van der Waals surface area contributed by atoms with Gasteiger partial charge in [-0.1, -0.05) is 6.07 Å². The first kappa shape index (κ1) is 15.0. The van der Waals surface area contributed by atoms with Crippen LogP contribution in [0.2, 0.25) is 0 Å². The molecular formula is C17H15FN2O3. The molecule has 0 unspecified atom stereocenters. The van der Waals surface area contributed by atoms with Crippen molar-refractivity contribution >= 4 is 23.2 Å². The molecule has 1 aliphatic heterocycles. The summed E-state index contributed by atoms with van der Waals surface area (Å²) in [5.74, 6) is -0.673. The normalized spacial score (nSPS) is 15.2. The molecule has 2 N–H and O–H groups in total. The van der Waals surface area contributed by atoms with Crippen LogP contribution in [0.1, 0.15) is 24.2 Å². The van der Waals surface area contributed by atoms with Gasteiger partial charge in [-0.15, -0.1) is 0 Å². The lowest BCUT2D eigenvalue weighted by Gasteiger charge is -2.31. The number of amides is 2. The van der Waals surface area contributed by atoms with Crippen molar-refractivity contribution in [1.29, 1.82) is 0 Å². The van der Waals surface area contributed by atoms with Crippen LogP contribution in [-0.2, 0) is 4.79 Å². The van der Waals surface area contributed by atoms with Gasteiger partial charge in [0.2, 0.25) is 0 Å². The standard InChI is InChI=1S/C17H15FN2O3/c1-17(2)16(22)20-13-7-6-12(9-14(13)23-17)19-15(21)10-4-3-5-11(18)8-10/h3-9H,1-2H3,(H,19,21)(H,20,22). The van der Waals surface area contributed by atoms with Crippen molar-refractivity contribution in [2.24, 2.45) is 0 Å². The highest BCUT2D eigenvalue weighted by Crippen LogP contribution is 2.35. The molecule has 1 heterocycles. The number of carbonyl (C=O) groups is 2. The van der Waals surface area contributed by atoms with Crippen LogP contribution in [0.25, 0.3) is 0 Å². The second-order valence-electron chi connectivity index (χ2n) is 5.74. The first-order valence-corrected chi connectivity index (χ1v) is 7.06. The van der Waals surface area contributed by atoms with Crippen LogP contribution >= 0.6 is 0 Å². The second kappa shape index (κ2) is 5.39. The van der Waals surface area contributed by atoms with E-state index in [9.17, 15) is 14.0 Å². The molecule has 2 aromatic carbocycles. The average molecular weight is 314 g/mol. The van der Waals surface area contributed by atoms with Gasteiger partial charge in [0, 0.05) is 17.3 Å². The van der Waals surface area contributed by atoms with E-state index in [1.165, 1.54) is 18.2 Å². The summed E-state index contributed by atoms with van der Waals surface area (Å²) < 4.78 is 18.8. The van der Waals surface area contributed by atoms with Gasteiger partial charge in [-0.05, 0) is 44.2 Å². The summed E-state index contributed by atoms with van der Waals surface area (Å²) in [6.07, 6.45) is 0. The number of halogens is 1. The summed E-state index contributed by atoms with van der Waals surface area (Å²) in [6, 6.07) is 10.3. The van der Waals surface area contributed by atoms with Gasteiger partial charge in [0.25, 0.3) is 11.8 Å². The summed E-state index contributed by atoms with van der Waals surface area (Å²) in [7, 11) is 0. The quantitative estimate of drug-likeness (QED) is 0.894. The smallest absolute Gasteiger partial charge is 0.268 e. The van der Waals surface area contributed by atoms with Crippen LogP contribution in [0.4, 0.5) is 15.8 Å². The van der Waals surface area contributed by atoms with Crippen LogP contribution in [0.3, 0.4) is 0 Å². The number of nitrogens with one attached hydrogen (secondary N) is 2. The molecule has 5 nitrogen and oxygen atoms in total. The maximum absolute atomic E-state index is 13.2. The van der Waals surface area contributed by atoms with Crippen molar-refractivity contribution in [3.63, 3.8) is 0 Å². The van der Waals surface area contributed by atoms with E-state index >= 15 is 0 Å². The predicted molar refractivity (Wildman–Crippen MR) is 84.1 cm³/mol. The van der Waals surface area contributed by atoms with Crippen molar-refractivity contribution in [3.8, 4) is 5.75 Å². The molecule has 1 aliphatic rings. The van der Waals surface area contributed by atoms with Gasteiger partial charge in [-0.3, -0.25) is 9.59 Å². The monoisotopic (exact) mass is 314 g/mol. The minimum atomic E-state index is -0.988. The van der Waals surface area contributed by atoms with Gasteiger partial charge in [0.15, 0.2) is 5.60 Å². The maximum atomic E-state index is 13.2. The fraction of sp³-hybridized carbons (Fsp3) is 0.176. The van der Waals surface area contributed by atoms with E-state index < -0.39 is 17.3 Å². The molecule has 0 radical (unpaired) electrons. The van der Waals surface area contributed by atoms with E-state index in [4.69, 9.17) is 4.74 Å². The molecule has 0 spiro atoms. The van der Waals surface area contributed by atoms with Crippen molar-refractivity contribution in [2.45, 2.75) is 19.4 Å². The number of hydrogen-bond acceptors (Lipinski definition) is 3. The Balaban J connectivity index is 1.83. The predicted octanol–water partition coefficient (Wildman–Crippen LogP) is 3.19. The molecule has 2 amide bonds. The van der Waals surface area contributed by atoms with Gasteiger partial charge in [0.1, 0.15) is 11.6 Å². The lowest BCUT2D eigenvalue weighted by molar-refractivity contribution is -0.129. The summed E-state index contributed by atoms with van der Waals surface area (Å²) >= 11 is 0. The van der Waals surface area contributed by atoms with Crippen LogP contribution < -0.4 is 15.4 Å². The molecule has 6 heteroatoms. The van der Waals surface area contributed by atoms with E-state index in [0.29, 0.717) is 17.1 Å². The highest BCUT2D eigenvalue weighted by molar-refractivity contribution is 6.05. The maximum Gasteiger partial charge on any atom is 0.268 e. The zero-order chi connectivity index (χ0) is 16.6. The summed E-state index contributed by atoms with van der Waals surface area (Å²) in [5, 5.41) is 5.42. The van der Waals surface area contributed by atoms with E-state index in [2.05, 4.69) is 10.6 Å². The Labute approximate surface area is 132 Å². The fourth-order valence-corrected chi connectivity index (χ4v) is 2.21. The van der Waals surface area contributed by atoms with Crippen molar-refractivity contribution < 1.29 is 18.7 Å². The number of fused-ring (bicyclic) bond motifs is 1. The minimum absolute atomic E-state index is 0.220. The molecule has 23 heavy (non-hydrogen) atoms. The average Bonchev–Trinajstić information content (AvgIpc) is 2.48. The lowest BCUT2D eigenvalue weighted by Crippen LogP contribution is -2.45. The molecule has 0 aromatic heterocycles. The Morgan fingerprint density at radius 3 is 2.74 bits per heavy atom. The number of hydrogen-bond donors (Lipinski definition) is 2. The Morgan fingerprint density at radius 2 is 2.00 bits per heavy atom. The van der Waals surface area contributed by atoms with Gasteiger partial charge >= 0.3 is 0 Å². The molecule has 0 aliphatic carbocycles. The van der Waals surface area contributed by atoms with Crippen LogP contribution in [-0.4, -0.2) is 17.4 Å². The Hall–Kier alpha value is -2.89. The van der Waals surface area contributed by atoms with Crippen LogP contribution in [0.5, 0.6) is 5.75 Å². The molecule has 0 bridgehead atoms. The van der Waals surface area contributed by atoms with Crippen molar-refractivity contribution in [2.75, 3.05) is 10.6 Å². The van der Waals surface area contributed by atoms with Gasteiger partial charge in [0.05, 0.1) is 5.69 Å². The molecule has 0 saturated heterocycles. The largest absolute Gasteiger partial charge is 0.476 e. The van der Waals surface area contributed by atoms with E-state index in [-0.39, 0.29) is 11.5 Å². The number of benzene rings is 2. The van der Waals surface area contributed by atoms with E-state index in [1.807, 2.05) is 0 Å². The summed E-state index contributed by atoms with van der Waals surface area (Å²) in [4.78, 5) is 23.9. The molecule has 118 valence electrons. The van der Waals surface area contributed by atoms with Crippen LogP contribution in [0.15, 0.2) is 42.5 Å². The summed E-state index contributed by atoms with van der Waals surface area (Å²) in [6.45, 7) is 3.31. The third-order valence-electron chi connectivity index (χ3n) is 3.49. The number of anilines is 2. The molecule has 0 atom stereocenters. The molecule has 0 fully saturated rings. The highest BCUT2D eigenvalue weighted by atomic mass is 19.1. The zero-order valence-corrected chi connectivity index (χ0v) is 12.6. The third-order valence-corrected chi connectivity index (χ3v) is 3.49. The molecule has 2 aromatic rings. The number of rotatable bonds is 2. The first-order chi connectivity index (χ1) is 10.8. The molecule has 0 saturated carbocycles. The number of carbonyl (C=O) groups excluding carboxylic acids is 2. The first-order valence-electron chi connectivity index (χ1n) is 7.06. The topological polar surface area (TPSA) is 67.4 Å². The lowest BCUT2D eigenvalue weighted by atomic mass is 10.1. The Bertz CT molecular complexity index is 802. The SMILES string of the molecule is CC1(C)Oc2cc(NC(=O)c3cccc(F)c3)ccc2NC1=O. The van der Waals surface area contributed by atoms with Crippen molar-refractivity contribution in [1.82, 2.24) is 0 Å². The summed E-state index contributed by atoms with van der Waals surface area (Å²) in [5.41, 5.74) is 0.262. The van der Waals surface area contributed by atoms with Crippen molar-refractivity contribution in [3.05, 3.63) is 53.8 Å². The zero-order valence-electron chi connectivity index (χ0n) is 12.6. The Kier molecular flexibility index (Phi) is 3.52. The molecular weight excluding hydrogens is 299 g/mol. The van der Waals surface area contributed by atoms with Gasteiger partial charge in [-0.2, -0.15) is 0 Å². The molecule has 3 rings (SSSR count). The highest BCUT2D eigenvalue weighted by Gasteiger charge is 2.35. The van der Waals surface area contributed by atoms with Gasteiger partial charge in [-0.25, -0.2) is 4.39 Å². The fourth-order valence-electron chi connectivity index (χ4n) is 2.21. The second-order valence-corrected chi connectivity index (χ2v) is 5.74. The van der Waals surface area contributed by atoms with Gasteiger partial charge < -0.3 is 15.4 Å². The number of ether oxygens (including phenoxy) is 1. The third kappa shape index (κ3) is 3.01. The van der Waals surface area contributed by atoms with E-state index in [0.717, 1.165) is 6.07 Å². The van der Waals surface area contributed by atoms with E-state index in [1.54, 1.807) is 32.0 Å². The minimum Gasteiger partial charge on any atom is -0.476 e. The Morgan fingerprint density at radius 1 is 1.22 bits per heavy atom. The van der Waals surface area contributed by atoms with Crippen LogP contribution in [0, 0.1) is 5.82 Å².